The zero-order valence-corrected chi connectivity index (χ0v) is 20.6. The van der Waals surface area contributed by atoms with Crippen LogP contribution in [-0.4, -0.2) is 37.1 Å². The van der Waals surface area contributed by atoms with E-state index in [1.807, 2.05) is 72.8 Å². The normalized spacial score (nSPS) is 15.1. The molecule has 0 unspecified atom stereocenters. The number of nitrogens with zero attached hydrogens (tertiary/aromatic N) is 2. The molecule has 1 aromatic heterocycles. The number of ether oxygens (including phenoxy) is 2. The predicted octanol–water partition coefficient (Wildman–Crippen LogP) is 5.48. The molecule has 1 amide bonds. The number of hydrogen-bond acceptors (Lipinski definition) is 5. The lowest BCUT2D eigenvalue weighted by Crippen LogP contribution is -2.33. The Hall–Kier alpha value is -4.45. The number of fused-ring (bicyclic) bond motifs is 3. The number of anilines is 1. The molecule has 0 saturated carbocycles. The van der Waals surface area contributed by atoms with Crippen molar-refractivity contribution in [2.75, 3.05) is 25.2 Å². The van der Waals surface area contributed by atoms with Crippen molar-refractivity contribution in [2.24, 2.45) is 0 Å². The Morgan fingerprint density at radius 2 is 1.73 bits per heavy atom. The van der Waals surface area contributed by atoms with E-state index < -0.39 is 5.97 Å². The molecule has 0 radical (unpaired) electrons. The molecule has 2 heterocycles. The van der Waals surface area contributed by atoms with E-state index in [1.165, 1.54) is 0 Å². The number of benzene rings is 3. The van der Waals surface area contributed by atoms with Crippen molar-refractivity contribution in [1.82, 2.24) is 4.98 Å². The van der Waals surface area contributed by atoms with Crippen molar-refractivity contribution in [1.29, 1.82) is 0 Å². The lowest BCUT2D eigenvalue weighted by atomic mass is 10.0. The summed E-state index contributed by atoms with van der Waals surface area (Å²) < 4.78 is 10.9. The van der Waals surface area contributed by atoms with Crippen LogP contribution in [0.4, 0.5) is 5.69 Å². The average molecular weight is 491 g/mol. The molecule has 184 valence electrons. The number of esters is 1. The number of carbonyl (C=O) groups is 2. The van der Waals surface area contributed by atoms with Gasteiger partial charge in [-0.2, -0.15) is 0 Å². The van der Waals surface area contributed by atoms with E-state index in [9.17, 15) is 9.59 Å². The van der Waals surface area contributed by atoms with Crippen LogP contribution in [0.15, 0.2) is 72.8 Å². The molecule has 0 N–H and O–H groups in total. The fraction of sp³-hybridized carbons (Fsp3) is 0.194. The van der Waals surface area contributed by atoms with Crippen molar-refractivity contribution in [3.63, 3.8) is 0 Å². The Kier molecular flexibility index (Phi) is 5.93. The summed E-state index contributed by atoms with van der Waals surface area (Å²) in [6, 6.07) is 23.3. The van der Waals surface area contributed by atoms with E-state index in [4.69, 9.17) is 14.5 Å². The summed E-state index contributed by atoms with van der Waals surface area (Å²) in [6.07, 6.45) is 4.37. The fourth-order valence-corrected chi connectivity index (χ4v) is 5.29. The Bertz CT molecular complexity index is 1560. The van der Waals surface area contributed by atoms with E-state index >= 15 is 0 Å². The van der Waals surface area contributed by atoms with Crippen LogP contribution in [0.5, 0.6) is 5.75 Å². The number of pyridine rings is 1. The average Bonchev–Trinajstić information content (AvgIpc) is 3.55. The van der Waals surface area contributed by atoms with Crippen LogP contribution in [0.25, 0.3) is 22.6 Å². The maximum Gasteiger partial charge on any atom is 0.339 e. The third kappa shape index (κ3) is 4.25. The summed E-state index contributed by atoms with van der Waals surface area (Å²) >= 11 is 0. The summed E-state index contributed by atoms with van der Waals surface area (Å²) in [5, 5.41) is 0.746. The van der Waals surface area contributed by atoms with Crippen molar-refractivity contribution >= 4 is 40.1 Å². The molecule has 6 heteroatoms. The van der Waals surface area contributed by atoms with Gasteiger partial charge in [-0.05, 0) is 71.9 Å². The van der Waals surface area contributed by atoms with Crippen LogP contribution in [-0.2, 0) is 22.4 Å². The van der Waals surface area contributed by atoms with E-state index in [0.717, 1.165) is 63.1 Å². The van der Waals surface area contributed by atoms with Crippen LogP contribution in [0, 0.1) is 0 Å². The molecule has 0 spiro atoms. The van der Waals surface area contributed by atoms with Gasteiger partial charge in [-0.1, -0.05) is 48.5 Å². The zero-order chi connectivity index (χ0) is 25.4. The maximum atomic E-state index is 13.5. The third-order valence-corrected chi connectivity index (χ3v) is 7.12. The quantitative estimate of drug-likeness (QED) is 0.347. The molecule has 6 nitrogen and oxygen atoms in total. The van der Waals surface area contributed by atoms with Crippen molar-refractivity contribution in [3.05, 3.63) is 101 Å². The molecule has 1 aliphatic carbocycles. The summed E-state index contributed by atoms with van der Waals surface area (Å²) in [7, 11) is 1.65. The third-order valence-electron chi connectivity index (χ3n) is 7.12. The second kappa shape index (κ2) is 9.54. The van der Waals surface area contributed by atoms with Crippen LogP contribution in [0.3, 0.4) is 0 Å². The molecule has 6 rings (SSSR count). The molecule has 0 bridgehead atoms. The minimum atomic E-state index is -0.485. The van der Waals surface area contributed by atoms with Gasteiger partial charge in [0, 0.05) is 17.6 Å². The molecule has 2 aliphatic rings. The number of para-hydroxylation sites is 2. The molecule has 0 atom stereocenters. The van der Waals surface area contributed by atoms with Gasteiger partial charge in [-0.25, -0.2) is 9.78 Å². The maximum absolute atomic E-state index is 13.5. The zero-order valence-electron chi connectivity index (χ0n) is 20.6. The highest BCUT2D eigenvalue weighted by atomic mass is 16.5. The number of amides is 1. The first-order chi connectivity index (χ1) is 18.1. The first-order valence-corrected chi connectivity index (χ1v) is 12.4. The first-order valence-electron chi connectivity index (χ1n) is 12.4. The van der Waals surface area contributed by atoms with Gasteiger partial charge in [0.1, 0.15) is 5.75 Å². The van der Waals surface area contributed by atoms with Crippen LogP contribution >= 0.6 is 0 Å². The van der Waals surface area contributed by atoms with Crippen molar-refractivity contribution in [2.45, 2.75) is 19.3 Å². The fourth-order valence-electron chi connectivity index (χ4n) is 5.29. The largest absolute Gasteiger partial charge is 0.497 e. The highest BCUT2D eigenvalue weighted by Gasteiger charge is 2.29. The molecule has 0 fully saturated rings. The van der Waals surface area contributed by atoms with Crippen molar-refractivity contribution in [3.8, 4) is 5.75 Å². The number of rotatable bonds is 5. The lowest BCUT2D eigenvalue weighted by Gasteiger charge is -2.18. The molecule has 3 aromatic carbocycles. The second-order valence-electron chi connectivity index (χ2n) is 9.27. The number of allylic oxidation sites excluding steroid dienone is 1. The van der Waals surface area contributed by atoms with Gasteiger partial charge in [-0.3, -0.25) is 4.79 Å². The molecule has 37 heavy (non-hydrogen) atoms. The highest BCUT2D eigenvalue weighted by molar-refractivity contribution is 6.08. The summed E-state index contributed by atoms with van der Waals surface area (Å²) in [6.45, 7) is 0.302. The Labute approximate surface area is 215 Å². The number of hydrogen-bond donors (Lipinski definition) is 0. The van der Waals surface area contributed by atoms with Crippen LogP contribution in [0.1, 0.15) is 39.2 Å². The van der Waals surface area contributed by atoms with E-state index in [1.54, 1.807) is 12.0 Å². The Morgan fingerprint density at radius 1 is 0.946 bits per heavy atom. The summed E-state index contributed by atoms with van der Waals surface area (Å²) in [4.78, 5) is 33.0. The minimum absolute atomic E-state index is 0.214. The number of aromatic nitrogens is 1. The second-order valence-corrected chi connectivity index (χ2v) is 9.27. The Morgan fingerprint density at radius 3 is 2.57 bits per heavy atom. The Balaban J connectivity index is 1.30. The van der Waals surface area contributed by atoms with Gasteiger partial charge in [0.2, 0.25) is 0 Å². The first kappa shape index (κ1) is 23.0. The van der Waals surface area contributed by atoms with Gasteiger partial charge in [0.15, 0.2) is 6.61 Å². The number of methoxy groups -OCH3 is 1. The predicted molar refractivity (Wildman–Crippen MR) is 144 cm³/mol. The van der Waals surface area contributed by atoms with Gasteiger partial charge >= 0.3 is 5.97 Å². The summed E-state index contributed by atoms with van der Waals surface area (Å²) in [5.41, 5.74) is 7.08. The SMILES string of the molecule is COc1ccc(/C=C2\CCc3c2nc2ccccc2c3C(=O)OCC(=O)N2CCc3ccccc32)cc1. The topological polar surface area (TPSA) is 68.7 Å². The van der Waals surface area contributed by atoms with Crippen LogP contribution < -0.4 is 9.64 Å². The lowest BCUT2D eigenvalue weighted by molar-refractivity contribution is -0.121. The van der Waals surface area contributed by atoms with E-state index in [2.05, 4.69) is 6.08 Å². The molecular weight excluding hydrogens is 464 g/mol. The van der Waals surface area contributed by atoms with Gasteiger partial charge in [0.25, 0.3) is 5.91 Å². The van der Waals surface area contributed by atoms with E-state index in [-0.39, 0.29) is 12.5 Å². The monoisotopic (exact) mass is 490 g/mol. The van der Waals surface area contributed by atoms with E-state index in [0.29, 0.717) is 18.5 Å². The molecule has 1 aliphatic heterocycles. The standard InChI is InChI=1S/C31H26N2O4/c1-36-23-13-10-20(11-14-23)18-22-12-15-25-29(24-7-3-4-8-26(24)32-30(22)25)31(35)37-19-28(34)33-17-16-21-6-2-5-9-27(21)33/h2-11,13-14,18H,12,15-17,19H2,1H3/b22-18+. The summed E-state index contributed by atoms with van der Waals surface area (Å²) in [5.74, 6) is 0.102. The molecule has 4 aromatic rings. The van der Waals surface area contributed by atoms with Gasteiger partial charge in [-0.15, -0.1) is 0 Å². The molecular formula is C31H26N2O4. The molecule has 0 saturated heterocycles. The minimum Gasteiger partial charge on any atom is -0.497 e. The van der Waals surface area contributed by atoms with Gasteiger partial charge < -0.3 is 14.4 Å². The highest BCUT2D eigenvalue weighted by Crippen LogP contribution is 2.38. The van der Waals surface area contributed by atoms with Crippen molar-refractivity contribution < 1.29 is 19.1 Å². The number of carbonyl (C=O) groups excluding carboxylic acids is 2. The smallest absolute Gasteiger partial charge is 0.339 e. The van der Waals surface area contributed by atoms with Gasteiger partial charge in [0.05, 0.1) is 23.9 Å². The van der Waals surface area contributed by atoms with Crippen LogP contribution in [0.2, 0.25) is 0 Å².